The van der Waals surface area contributed by atoms with E-state index in [2.05, 4.69) is 60.0 Å². The van der Waals surface area contributed by atoms with Gasteiger partial charge in [-0.25, -0.2) is 0 Å². The van der Waals surface area contributed by atoms with Gasteiger partial charge in [-0.2, -0.15) is 0 Å². The van der Waals surface area contributed by atoms with Crippen molar-refractivity contribution in [3.63, 3.8) is 0 Å². The van der Waals surface area contributed by atoms with Gasteiger partial charge in [-0.3, -0.25) is 0 Å². The Kier molecular flexibility index (Phi) is 4.99. The highest BCUT2D eigenvalue weighted by Gasteiger charge is 2.06. The predicted molar refractivity (Wildman–Crippen MR) is 97.5 cm³/mol. The summed E-state index contributed by atoms with van der Waals surface area (Å²) in [4.78, 5) is 3.73. The fourth-order valence-corrected chi connectivity index (χ4v) is 3.76. The Hall–Kier alpha value is -1.97. The summed E-state index contributed by atoms with van der Waals surface area (Å²) in [6.07, 6.45) is 2.24. The average Bonchev–Trinajstić information content (AvgIpc) is 3.08. The van der Waals surface area contributed by atoms with Crippen LogP contribution in [0, 0.1) is 0 Å². The van der Waals surface area contributed by atoms with Crippen molar-refractivity contribution in [3.05, 3.63) is 82.6 Å². The lowest BCUT2D eigenvalue weighted by molar-refractivity contribution is 0.415. The van der Waals surface area contributed by atoms with Gasteiger partial charge in [-0.05, 0) is 47.4 Å². The molecule has 0 spiro atoms. The first-order chi connectivity index (χ1) is 10.8. The Morgan fingerprint density at radius 3 is 2.36 bits per heavy atom. The highest BCUT2D eigenvalue weighted by Crippen LogP contribution is 2.36. The topological polar surface area (TPSA) is 9.23 Å². The summed E-state index contributed by atoms with van der Waals surface area (Å²) in [5, 5.41) is 2.10. The van der Waals surface area contributed by atoms with Gasteiger partial charge in [0.25, 0.3) is 0 Å². The van der Waals surface area contributed by atoms with Crippen molar-refractivity contribution in [2.45, 2.75) is 4.90 Å². The molecule has 0 amide bonds. The standard InChI is InChI=1S/C19H16OS2/c1-20-16-11-9-15(10-12-16)19(14-18-8-5-13-21-18)22-17-6-3-2-4-7-17/h2-14H,1H3/b19-14+. The molecule has 0 radical (unpaired) electrons. The van der Waals surface area contributed by atoms with Crippen LogP contribution in [0.4, 0.5) is 0 Å². The van der Waals surface area contributed by atoms with Crippen molar-refractivity contribution in [1.29, 1.82) is 0 Å². The normalized spacial score (nSPS) is 11.4. The van der Waals surface area contributed by atoms with E-state index in [0.717, 1.165) is 5.75 Å². The van der Waals surface area contributed by atoms with E-state index < -0.39 is 0 Å². The van der Waals surface area contributed by atoms with Crippen LogP contribution in [0.5, 0.6) is 5.75 Å². The van der Waals surface area contributed by atoms with Crippen molar-refractivity contribution in [3.8, 4) is 5.75 Å². The van der Waals surface area contributed by atoms with Gasteiger partial charge < -0.3 is 4.74 Å². The van der Waals surface area contributed by atoms with Gasteiger partial charge in [-0.1, -0.05) is 48.2 Å². The van der Waals surface area contributed by atoms with Crippen LogP contribution in [0.2, 0.25) is 0 Å². The first-order valence-electron chi connectivity index (χ1n) is 6.98. The number of methoxy groups -OCH3 is 1. The maximum absolute atomic E-state index is 5.25. The number of benzene rings is 2. The molecule has 3 aromatic rings. The molecule has 1 heterocycles. The third kappa shape index (κ3) is 3.81. The molecule has 0 N–H and O–H groups in total. The number of rotatable bonds is 5. The Morgan fingerprint density at radius 1 is 0.955 bits per heavy atom. The van der Waals surface area contributed by atoms with E-state index in [9.17, 15) is 0 Å². The molecular formula is C19H16OS2. The molecule has 0 atom stereocenters. The summed E-state index contributed by atoms with van der Waals surface area (Å²) in [5.41, 5.74) is 1.20. The van der Waals surface area contributed by atoms with Crippen LogP contribution in [0.3, 0.4) is 0 Å². The number of hydrogen-bond donors (Lipinski definition) is 0. The van der Waals surface area contributed by atoms with Crippen molar-refractivity contribution < 1.29 is 4.74 Å². The molecule has 0 fully saturated rings. The maximum Gasteiger partial charge on any atom is 0.118 e. The van der Waals surface area contributed by atoms with Crippen LogP contribution in [-0.2, 0) is 0 Å². The lowest BCUT2D eigenvalue weighted by Gasteiger charge is -2.09. The SMILES string of the molecule is COc1ccc(/C(=C\c2cccs2)Sc2ccccc2)cc1. The number of hydrogen-bond acceptors (Lipinski definition) is 3. The minimum Gasteiger partial charge on any atom is -0.497 e. The second kappa shape index (κ2) is 7.34. The molecule has 1 nitrogen and oxygen atoms in total. The van der Waals surface area contributed by atoms with Crippen LogP contribution in [0.25, 0.3) is 11.0 Å². The molecular weight excluding hydrogens is 308 g/mol. The van der Waals surface area contributed by atoms with E-state index in [4.69, 9.17) is 4.74 Å². The average molecular weight is 324 g/mol. The largest absolute Gasteiger partial charge is 0.497 e. The van der Waals surface area contributed by atoms with Crippen LogP contribution < -0.4 is 4.74 Å². The van der Waals surface area contributed by atoms with E-state index in [1.54, 1.807) is 30.2 Å². The van der Waals surface area contributed by atoms with Gasteiger partial charge in [0.15, 0.2) is 0 Å². The van der Waals surface area contributed by atoms with Crippen LogP contribution >= 0.6 is 23.1 Å². The Labute approximate surface area is 139 Å². The monoisotopic (exact) mass is 324 g/mol. The summed E-state index contributed by atoms with van der Waals surface area (Å²) in [7, 11) is 1.69. The van der Waals surface area contributed by atoms with Crippen molar-refractivity contribution >= 4 is 34.1 Å². The molecule has 0 aliphatic rings. The van der Waals surface area contributed by atoms with E-state index >= 15 is 0 Å². The van der Waals surface area contributed by atoms with E-state index in [-0.39, 0.29) is 0 Å². The molecule has 2 aromatic carbocycles. The second-order valence-electron chi connectivity index (χ2n) is 4.67. The molecule has 0 bridgehead atoms. The zero-order valence-corrected chi connectivity index (χ0v) is 13.9. The smallest absolute Gasteiger partial charge is 0.118 e. The van der Waals surface area contributed by atoms with Crippen LogP contribution in [0.15, 0.2) is 77.0 Å². The molecule has 0 saturated carbocycles. The van der Waals surface area contributed by atoms with Crippen molar-refractivity contribution in [2.75, 3.05) is 7.11 Å². The summed E-state index contributed by atoms with van der Waals surface area (Å²) < 4.78 is 5.25. The van der Waals surface area contributed by atoms with Gasteiger partial charge in [0.2, 0.25) is 0 Å². The Bertz CT molecular complexity index is 729. The zero-order valence-electron chi connectivity index (χ0n) is 12.2. The lowest BCUT2D eigenvalue weighted by atomic mass is 10.2. The van der Waals surface area contributed by atoms with Crippen LogP contribution in [0.1, 0.15) is 10.4 Å². The summed E-state index contributed by atoms with van der Waals surface area (Å²) >= 11 is 3.53. The first-order valence-corrected chi connectivity index (χ1v) is 8.67. The molecule has 22 heavy (non-hydrogen) atoms. The van der Waals surface area contributed by atoms with E-state index in [1.165, 1.54) is 20.2 Å². The molecule has 3 heteroatoms. The molecule has 0 aliphatic heterocycles. The van der Waals surface area contributed by atoms with E-state index in [0.29, 0.717) is 0 Å². The highest BCUT2D eigenvalue weighted by atomic mass is 32.2. The zero-order chi connectivity index (χ0) is 15.2. The van der Waals surface area contributed by atoms with Gasteiger partial charge in [-0.15, -0.1) is 11.3 Å². The third-order valence-electron chi connectivity index (χ3n) is 3.16. The molecule has 110 valence electrons. The fourth-order valence-electron chi connectivity index (χ4n) is 2.05. The molecule has 0 unspecified atom stereocenters. The second-order valence-corrected chi connectivity index (χ2v) is 6.76. The Morgan fingerprint density at radius 2 is 1.73 bits per heavy atom. The molecule has 3 rings (SSSR count). The minimum atomic E-state index is 0.879. The molecule has 0 aliphatic carbocycles. The van der Waals surface area contributed by atoms with E-state index in [1.807, 2.05) is 18.2 Å². The highest BCUT2D eigenvalue weighted by molar-refractivity contribution is 8.08. The summed E-state index contributed by atoms with van der Waals surface area (Å²) in [6.45, 7) is 0. The van der Waals surface area contributed by atoms with Crippen LogP contribution in [-0.4, -0.2) is 7.11 Å². The van der Waals surface area contributed by atoms with Crippen molar-refractivity contribution in [1.82, 2.24) is 0 Å². The fraction of sp³-hybridized carbons (Fsp3) is 0.0526. The predicted octanol–water partition coefficient (Wildman–Crippen LogP) is 6.05. The molecule has 1 aromatic heterocycles. The number of thioether (sulfide) groups is 1. The number of thiophene rings is 1. The number of ether oxygens (including phenoxy) is 1. The van der Waals surface area contributed by atoms with Crippen molar-refractivity contribution in [2.24, 2.45) is 0 Å². The first kappa shape index (κ1) is 14.9. The quantitative estimate of drug-likeness (QED) is 0.529. The lowest BCUT2D eigenvalue weighted by Crippen LogP contribution is -1.84. The summed E-state index contributed by atoms with van der Waals surface area (Å²) in [6, 6.07) is 22.9. The minimum absolute atomic E-state index is 0.879. The maximum atomic E-state index is 5.25. The Balaban J connectivity index is 1.95. The van der Waals surface area contributed by atoms with Gasteiger partial charge in [0, 0.05) is 14.7 Å². The molecule has 0 saturated heterocycles. The van der Waals surface area contributed by atoms with Gasteiger partial charge in [0.1, 0.15) is 5.75 Å². The van der Waals surface area contributed by atoms with Gasteiger partial charge in [0.05, 0.1) is 7.11 Å². The third-order valence-corrected chi connectivity index (χ3v) is 5.06. The summed E-state index contributed by atoms with van der Waals surface area (Å²) in [5.74, 6) is 0.879. The van der Waals surface area contributed by atoms with Gasteiger partial charge >= 0.3 is 0 Å².